The van der Waals surface area contributed by atoms with Crippen molar-refractivity contribution in [2.45, 2.75) is 0 Å². The maximum Gasteiger partial charge on any atom is 0.206 e. The number of thiazole rings is 1. The molecule has 0 atom stereocenters. The number of rotatable bonds is 6. The molecule has 0 fully saturated rings. The number of halogens is 2. The van der Waals surface area contributed by atoms with Gasteiger partial charge in [-0.1, -0.05) is 34.1 Å². The molecule has 0 amide bonds. The van der Waals surface area contributed by atoms with E-state index >= 15 is 0 Å². The molecule has 26 heavy (non-hydrogen) atoms. The molecular weight excluding hydrogens is 417 g/mol. The molecular formula is C19H17BrFN3OS. The third-order valence-corrected chi connectivity index (χ3v) is 5.16. The summed E-state index contributed by atoms with van der Waals surface area (Å²) in [5, 5.41) is 6.59. The van der Waals surface area contributed by atoms with E-state index in [9.17, 15) is 4.39 Å². The zero-order valence-corrected chi connectivity index (χ0v) is 16.5. The minimum Gasteiger partial charge on any atom is -0.383 e. The van der Waals surface area contributed by atoms with Gasteiger partial charge in [-0.05, 0) is 30.3 Å². The standard InChI is InChI=1S/C19H17BrFN3OS/c1-25-11-10-22-19-24(23-12-15-4-2-3-5-17(15)20)18(13-26-19)14-6-8-16(21)9-7-14/h2-9,12-13H,10-11H2,1H3/b22-19?,23-12+. The Balaban J connectivity index is 2.04. The molecule has 4 nitrogen and oxygen atoms in total. The first-order valence-electron chi connectivity index (χ1n) is 7.94. The number of nitrogens with zero attached hydrogens (tertiary/aromatic N) is 3. The molecule has 0 saturated heterocycles. The predicted molar refractivity (Wildman–Crippen MR) is 107 cm³/mol. The van der Waals surface area contributed by atoms with Crippen molar-refractivity contribution in [2.75, 3.05) is 20.3 Å². The molecule has 2 aromatic carbocycles. The molecule has 0 bridgehead atoms. The third-order valence-electron chi connectivity index (χ3n) is 3.59. The normalized spacial score (nSPS) is 12.2. The van der Waals surface area contributed by atoms with E-state index < -0.39 is 0 Å². The van der Waals surface area contributed by atoms with E-state index in [0.717, 1.165) is 26.1 Å². The van der Waals surface area contributed by atoms with E-state index in [0.29, 0.717) is 13.2 Å². The number of aromatic nitrogens is 1. The fourth-order valence-corrected chi connectivity index (χ4v) is 3.52. The first-order valence-corrected chi connectivity index (χ1v) is 9.61. The minimum atomic E-state index is -0.266. The average Bonchev–Trinajstić information content (AvgIpc) is 3.05. The Hall–Kier alpha value is -2.09. The van der Waals surface area contributed by atoms with Crippen molar-refractivity contribution in [2.24, 2.45) is 10.1 Å². The molecule has 0 aliphatic carbocycles. The lowest BCUT2D eigenvalue weighted by atomic mass is 10.2. The summed E-state index contributed by atoms with van der Waals surface area (Å²) in [7, 11) is 1.65. The van der Waals surface area contributed by atoms with Crippen LogP contribution in [0.5, 0.6) is 0 Å². The van der Waals surface area contributed by atoms with Gasteiger partial charge in [0.05, 0.1) is 25.1 Å². The lowest BCUT2D eigenvalue weighted by molar-refractivity contribution is 0.207. The fourth-order valence-electron chi connectivity index (χ4n) is 2.27. The van der Waals surface area contributed by atoms with Gasteiger partial charge >= 0.3 is 0 Å². The van der Waals surface area contributed by atoms with Crippen LogP contribution in [0.4, 0.5) is 4.39 Å². The molecule has 1 heterocycles. The summed E-state index contributed by atoms with van der Waals surface area (Å²) < 4.78 is 21.1. The molecule has 0 radical (unpaired) electrons. The molecule has 7 heteroatoms. The van der Waals surface area contributed by atoms with Gasteiger partial charge in [0.1, 0.15) is 5.82 Å². The van der Waals surface area contributed by atoms with E-state index in [1.807, 2.05) is 29.6 Å². The van der Waals surface area contributed by atoms with Gasteiger partial charge < -0.3 is 4.74 Å². The first-order chi connectivity index (χ1) is 12.7. The van der Waals surface area contributed by atoms with Gasteiger partial charge in [-0.2, -0.15) is 5.10 Å². The Morgan fingerprint density at radius 2 is 1.96 bits per heavy atom. The SMILES string of the molecule is COCCN=c1scc(-c2ccc(F)cc2)n1/N=C/c1ccccc1Br. The lowest BCUT2D eigenvalue weighted by Crippen LogP contribution is -2.13. The van der Waals surface area contributed by atoms with E-state index in [1.54, 1.807) is 30.1 Å². The summed E-state index contributed by atoms with van der Waals surface area (Å²) in [5.74, 6) is -0.266. The number of ether oxygens (including phenoxy) is 1. The molecule has 3 aromatic rings. The highest BCUT2D eigenvalue weighted by Crippen LogP contribution is 2.21. The fraction of sp³-hybridized carbons (Fsp3) is 0.158. The second-order valence-corrected chi connectivity index (χ2v) is 7.05. The molecule has 1 aromatic heterocycles. The van der Waals surface area contributed by atoms with Crippen molar-refractivity contribution >= 4 is 33.5 Å². The zero-order valence-electron chi connectivity index (χ0n) is 14.1. The van der Waals surface area contributed by atoms with Gasteiger partial charge in [0, 0.05) is 28.1 Å². The van der Waals surface area contributed by atoms with E-state index in [2.05, 4.69) is 26.0 Å². The molecule has 0 aliphatic rings. The van der Waals surface area contributed by atoms with Crippen LogP contribution in [0.3, 0.4) is 0 Å². The average molecular weight is 434 g/mol. The van der Waals surface area contributed by atoms with E-state index in [1.165, 1.54) is 23.5 Å². The monoisotopic (exact) mass is 433 g/mol. The van der Waals surface area contributed by atoms with Gasteiger partial charge in [0.15, 0.2) is 0 Å². The summed E-state index contributed by atoms with van der Waals surface area (Å²) in [6.45, 7) is 1.09. The van der Waals surface area contributed by atoms with Crippen LogP contribution < -0.4 is 4.80 Å². The minimum absolute atomic E-state index is 0.266. The Kier molecular flexibility index (Phi) is 6.49. The van der Waals surface area contributed by atoms with Crippen LogP contribution >= 0.6 is 27.3 Å². The molecule has 134 valence electrons. The first kappa shape index (κ1) is 18.7. The third kappa shape index (κ3) is 4.55. The maximum atomic E-state index is 13.3. The number of hydrogen-bond donors (Lipinski definition) is 0. The Morgan fingerprint density at radius 1 is 1.19 bits per heavy atom. The van der Waals surface area contributed by atoms with Crippen molar-refractivity contribution in [3.8, 4) is 11.3 Å². The Morgan fingerprint density at radius 3 is 2.69 bits per heavy atom. The summed E-state index contributed by atoms with van der Waals surface area (Å²) in [6, 6.07) is 14.2. The van der Waals surface area contributed by atoms with Gasteiger partial charge in [0.25, 0.3) is 0 Å². The summed E-state index contributed by atoms with van der Waals surface area (Å²) in [6.07, 6.45) is 1.78. The van der Waals surface area contributed by atoms with Crippen LogP contribution in [0, 0.1) is 5.82 Å². The molecule has 0 unspecified atom stereocenters. The van der Waals surface area contributed by atoms with Crippen LogP contribution in [0.1, 0.15) is 5.56 Å². The summed E-state index contributed by atoms with van der Waals surface area (Å²) in [5.41, 5.74) is 2.69. The van der Waals surface area contributed by atoms with E-state index in [4.69, 9.17) is 4.74 Å². The van der Waals surface area contributed by atoms with Crippen LogP contribution in [-0.4, -0.2) is 31.2 Å². The second-order valence-electron chi connectivity index (χ2n) is 5.36. The van der Waals surface area contributed by atoms with Crippen LogP contribution in [0.25, 0.3) is 11.3 Å². The molecule has 0 N–H and O–H groups in total. The Bertz CT molecular complexity index is 963. The summed E-state index contributed by atoms with van der Waals surface area (Å²) >= 11 is 5.01. The quantitative estimate of drug-likeness (QED) is 0.415. The highest BCUT2D eigenvalue weighted by Gasteiger charge is 2.08. The zero-order chi connectivity index (χ0) is 18.4. The number of benzene rings is 2. The highest BCUT2D eigenvalue weighted by atomic mass is 79.9. The van der Waals surface area contributed by atoms with Crippen molar-refractivity contribution in [3.05, 3.63) is 74.6 Å². The Labute approximate surface area is 163 Å². The van der Waals surface area contributed by atoms with Crippen LogP contribution in [-0.2, 0) is 4.74 Å². The largest absolute Gasteiger partial charge is 0.383 e. The predicted octanol–water partition coefficient (Wildman–Crippen LogP) is 4.55. The smallest absolute Gasteiger partial charge is 0.206 e. The van der Waals surface area contributed by atoms with Crippen molar-refractivity contribution < 1.29 is 9.13 Å². The molecule has 0 aliphatic heterocycles. The van der Waals surface area contributed by atoms with Crippen LogP contribution in [0.2, 0.25) is 0 Å². The van der Waals surface area contributed by atoms with Crippen LogP contribution in [0.15, 0.2) is 68.5 Å². The highest BCUT2D eigenvalue weighted by molar-refractivity contribution is 9.10. The van der Waals surface area contributed by atoms with Gasteiger partial charge in [-0.15, -0.1) is 11.3 Å². The second kappa shape index (κ2) is 9.02. The lowest BCUT2D eigenvalue weighted by Gasteiger charge is -2.04. The van der Waals surface area contributed by atoms with Crippen molar-refractivity contribution in [1.29, 1.82) is 0 Å². The van der Waals surface area contributed by atoms with Gasteiger partial charge in [-0.3, -0.25) is 4.99 Å². The van der Waals surface area contributed by atoms with Gasteiger partial charge in [-0.25, -0.2) is 9.07 Å². The van der Waals surface area contributed by atoms with Crippen molar-refractivity contribution in [3.63, 3.8) is 0 Å². The summed E-state index contributed by atoms with van der Waals surface area (Å²) in [4.78, 5) is 5.31. The molecule has 3 rings (SSSR count). The number of methoxy groups -OCH3 is 1. The molecule has 0 spiro atoms. The number of hydrogen-bond acceptors (Lipinski definition) is 4. The van der Waals surface area contributed by atoms with E-state index in [-0.39, 0.29) is 5.82 Å². The topological polar surface area (TPSA) is 38.9 Å². The molecule has 0 saturated carbocycles. The van der Waals surface area contributed by atoms with Crippen molar-refractivity contribution in [1.82, 2.24) is 4.68 Å². The van der Waals surface area contributed by atoms with Gasteiger partial charge in [0.2, 0.25) is 4.80 Å². The maximum absolute atomic E-state index is 13.3.